The number of hydrogen-bond donors (Lipinski definition) is 2. The van der Waals surface area contributed by atoms with Crippen LogP contribution in [0.3, 0.4) is 0 Å². The van der Waals surface area contributed by atoms with Crippen molar-refractivity contribution in [2.24, 2.45) is 5.73 Å². The van der Waals surface area contributed by atoms with E-state index in [0.717, 1.165) is 17.7 Å². The molecule has 4 nitrogen and oxygen atoms in total. The van der Waals surface area contributed by atoms with Crippen LogP contribution in [0.4, 0.5) is 13.2 Å². The standard InChI is InChI=1S/C10H18F3N3O/c1-6(14)9(10(11,12)13)16(2)5-8(17)15-7-3-4-7/h6-7,9H,3-5,14H2,1-2H3,(H,15,17). The molecule has 1 fully saturated rings. The maximum Gasteiger partial charge on any atom is 0.405 e. The van der Waals surface area contributed by atoms with Crippen molar-refractivity contribution in [3.8, 4) is 0 Å². The van der Waals surface area contributed by atoms with Gasteiger partial charge in [-0.15, -0.1) is 0 Å². The van der Waals surface area contributed by atoms with Crippen LogP contribution in [0.15, 0.2) is 0 Å². The molecular formula is C10H18F3N3O. The molecule has 0 aliphatic heterocycles. The molecule has 2 unspecified atom stereocenters. The van der Waals surface area contributed by atoms with Gasteiger partial charge in [0.1, 0.15) is 6.04 Å². The van der Waals surface area contributed by atoms with Crippen LogP contribution in [-0.2, 0) is 4.79 Å². The number of carbonyl (C=O) groups excluding carboxylic acids is 1. The molecule has 0 spiro atoms. The lowest BCUT2D eigenvalue weighted by atomic mass is 10.1. The fraction of sp³-hybridized carbons (Fsp3) is 0.900. The summed E-state index contributed by atoms with van der Waals surface area (Å²) >= 11 is 0. The first kappa shape index (κ1) is 14.2. The minimum Gasteiger partial charge on any atom is -0.352 e. The van der Waals surface area contributed by atoms with Gasteiger partial charge in [0.15, 0.2) is 0 Å². The van der Waals surface area contributed by atoms with E-state index < -0.39 is 18.3 Å². The summed E-state index contributed by atoms with van der Waals surface area (Å²) in [4.78, 5) is 12.3. The Balaban J connectivity index is 2.52. The van der Waals surface area contributed by atoms with Gasteiger partial charge < -0.3 is 11.1 Å². The second-order valence-corrected chi connectivity index (χ2v) is 4.60. The Morgan fingerprint density at radius 2 is 2.06 bits per heavy atom. The average molecular weight is 253 g/mol. The van der Waals surface area contributed by atoms with Crippen molar-refractivity contribution in [3.05, 3.63) is 0 Å². The van der Waals surface area contributed by atoms with E-state index in [-0.39, 0.29) is 18.5 Å². The second kappa shape index (κ2) is 5.22. The van der Waals surface area contributed by atoms with Crippen molar-refractivity contribution in [2.75, 3.05) is 13.6 Å². The molecule has 1 amide bonds. The molecule has 0 saturated heterocycles. The van der Waals surface area contributed by atoms with Gasteiger partial charge in [-0.2, -0.15) is 13.2 Å². The normalized spacial score (nSPS) is 20.2. The highest BCUT2D eigenvalue weighted by atomic mass is 19.4. The zero-order chi connectivity index (χ0) is 13.2. The van der Waals surface area contributed by atoms with Gasteiger partial charge in [-0.25, -0.2) is 0 Å². The highest BCUT2D eigenvalue weighted by molar-refractivity contribution is 5.78. The number of amides is 1. The maximum atomic E-state index is 12.7. The topological polar surface area (TPSA) is 58.4 Å². The molecule has 2 atom stereocenters. The summed E-state index contributed by atoms with van der Waals surface area (Å²) in [5.41, 5.74) is 5.32. The van der Waals surface area contributed by atoms with E-state index in [1.54, 1.807) is 0 Å². The zero-order valence-electron chi connectivity index (χ0n) is 9.92. The van der Waals surface area contributed by atoms with E-state index >= 15 is 0 Å². The minimum absolute atomic E-state index is 0.149. The predicted octanol–water partition coefficient (Wildman–Crippen LogP) is 0.475. The summed E-state index contributed by atoms with van der Waals surface area (Å²) < 4.78 is 38.1. The molecule has 100 valence electrons. The molecule has 1 aliphatic carbocycles. The van der Waals surface area contributed by atoms with Crippen molar-refractivity contribution in [2.45, 2.75) is 44.1 Å². The molecule has 7 heteroatoms. The van der Waals surface area contributed by atoms with Crippen LogP contribution in [0.2, 0.25) is 0 Å². The monoisotopic (exact) mass is 253 g/mol. The molecule has 0 aromatic heterocycles. The number of nitrogens with two attached hydrogens (primary N) is 1. The van der Waals surface area contributed by atoms with Crippen molar-refractivity contribution in [1.29, 1.82) is 0 Å². The van der Waals surface area contributed by atoms with E-state index in [9.17, 15) is 18.0 Å². The van der Waals surface area contributed by atoms with Gasteiger partial charge in [-0.1, -0.05) is 0 Å². The number of nitrogens with one attached hydrogen (secondary N) is 1. The van der Waals surface area contributed by atoms with Gasteiger partial charge in [0, 0.05) is 12.1 Å². The van der Waals surface area contributed by atoms with Crippen LogP contribution in [-0.4, -0.2) is 48.7 Å². The van der Waals surface area contributed by atoms with Crippen molar-refractivity contribution < 1.29 is 18.0 Å². The van der Waals surface area contributed by atoms with E-state index in [0.29, 0.717) is 0 Å². The van der Waals surface area contributed by atoms with Crippen LogP contribution in [0.25, 0.3) is 0 Å². The third-order valence-corrected chi connectivity index (χ3v) is 2.64. The Hall–Kier alpha value is -0.820. The Morgan fingerprint density at radius 1 is 1.53 bits per heavy atom. The van der Waals surface area contributed by atoms with E-state index in [4.69, 9.17) is 5.73 Å². The Bertz CT molecular complexity index is 276. The SMILES string of the molecule is CC(N)C(N(C)CC(=O)NC1CC1)C(F)(F)F. The minimum atomic E-state index is -4.43. The summed E-state index contributed by atoms with van der Waals surface area (Å²) in [6, 6.07) is -2.73. The van der Waals surface area contributed by atoms with E-state index in [1.165, 1.54) is 14.0 Å². The highest BCUT2D eigenvalue weighted by Crippen LogP contribution is 2.26. The van der Waals surface area contributed by atoms with Crippen molar-refractivity contribution in [3.63, 3.8) is 0 Å². The highest BCUT2D eigenvalue weighted by Gasteiger charge is 2.45. The number of rotatable bonds is 5. The van der Waals surface area contributed by atoms with E-state index in [1.807, 2.05) is 0 Å². The zero-order valence-corrected chi connectivity index (χ0v) is 9.92. The molecular weight excluding hydrogens is 235 g/mol. The molecule has 1 aliphatic rings. The summed E-state index contributed by atoms with van der Waals surface area (Å²) in [5.74, 6) is -0.384. The summed E-state index contributed by atoms with van der Waals surface area (Å²) in [6.45, 7) is 0.996. The average Bonchev–Trinajstić information content (AvgIpc) is 2.82. The molecule has 0 aromatic rings. The smallest absolute Gasteiger partial charge is 0.352 e. The largest absolute Gasteiger partial charge is 0.405 e. The lowest BCUT2D eigenvalue weighted by Gasteiger charge is -2.32. The van der Waals surface area contributed by atoms with Crippen molar-refractivity contribution in [1.82, 2.24) is 10.2 Å². The second-order valence-electron chi connectivity index (χ2n) is 4.60. The summed E-state index contributed by atoms with van der Waals surface area (Å²) in [6.07, 6.45) is -2.61. The van der Waals surface area contributed by atoms with Crippen LogP contribution in [0.1, 0.15) is 19.8 Å². The fourth-order valence-electron chi connectivity index (χ4n) is 1.78. The van der Waals surface area contributed by atoms with Gasteiger partial charge in [-0.05, 0) is 26.8 Å². The Labute approximate surface area is 98.3 Å². The van der Waals surface area contributed by atoms with E-state index in [2.05, 4.69) is 5.32 Å². The molecule has 17 heavy (non-hydrogen) atoms. The first-order valence-corrected chi connectivity index (χ1v) is 5.53. The van der Waals surface area contributed by atoms with Gasteiger partial charge in [-0.3, -0.25) is 9.69 Å². The van der Waals surface area contributed by atoms with Crippen LogP contribution in [0, 0.1) is 0 Å². The summed E-state index contributed by atoms with van der Waals surface area (Å²) in [5, 5.41) is 2.64. The van der Waals surface area contributed by atoms with Crippen LogP contribution >= 0.6 is 0 Å². The lowest BCUT2D eigenvalue weighted by molar-refractivity contribution is -0.185. The van der Waals surface area contributed by atoms with Crippen LogP contribution in [0.5, 0.6) is 0 Å². The number of carbonyl (C=O) groups is 1. The predicted molar refractivity (Wildman–Crippen MR) is 57.3 cm³/mol. The number of nitrogens with zero attached hydrogens (tertiary/aromatic N) is 1. The van der Waals surface area contributed by atoms with Gasteiger partial charge in [0.25, 0.3) is 0 Å². The fourth-order valence-corrected chi connectivity index (χ4v) is 1.78. The molecule has 1 rings (SSSR count). The summed E-state index contributed by atoms with van der Waals surface area (Å²) in [7, 11) is 1.26. The quantitative estimate of drug-likeness (QED) is 0.749. The van der Waals surface area contributed by atoms with Crippen molar-refractivity contribution >= 4 is 5.91 Å². The molecule has 0 bridgehead atoms. The van der Waals surface area contributed by atoms with Gasteiger partial charge in [0.05, 0.1) is 6.54 Å². The molecule has 1 saturated carbocycles. The lowest BCUT2D eigenvalue weighted by Crippen LogP contribution is -2.55. The Morgan fingerprint density at radius 3 is 2.41 bits per heavy atom. The van der Waals surface area contributed by atoms with Gasteiger partial charge >= 0.3 is 6.18 Å². The molecule has 3 N–H and O–H groups in total. The van der Waals surface area contributed by atoms with Gasteiger partial charge in [0.2, 0.25) is 5.91 Å². The Kier molecular flexibility index (Phi) is 4.37. The van der Waals surface area contributed by atoms with Crippen LogP contribution < -0.4 is 11.1 Å². The number of likely N-dealkylation sites (N-methyl/N-ethyl adjacent to an activating group) is 1. The molecule has 0 radical (unpaired) electrons. The molecule has 0 heterocycles. The first-order chi connectivity index (χ1) is 7.71. The number of hydrogen-bond acceptors (Lipinski definition) is 3. The maximum absolute atomic E-state index is 12.7. The third kappa shape index (κ3) is 4.51. The molecule has 0 aromatic carbocycles. The number of halogens is 3. The first-order valence-electron chi connectivity index (χ1n) is 5.53. The number of alkyl halides is 3. The third-order valence-electron chi connectivity index (χ3n) is 2.64.